The van der Waals surface area contributed by atoms with Gasteiger partial charge in [0.1, 0.15) is 6.67 Å². The van der Waals surface area contributed by atoms with Gasteiger partial charge >= 0.3 is 0 Å². The minimum atomic E-state index is 0.0847. The average Bonchev–Trinajstić information content (AvgIpc) is 2.98. The average molecular weight is 330 g/mol. The molecule has 3 heterocycles. The summed E-state index contributed by atoms with van der Waals surface area (Å²) in [5.74, 6) is 0. The molecule has 3 aliphatic rings. The van der Waals surface area contributed by atoms with E-state index in [4.69, 9.17) is 0 Å². The van der Waals surface area contributed by atoms with E-state index in [1.54, 1.807) is 0 Å². The lowest BCUT2D eigenvalue weighted by Crippen LogP contribution is -2.48. The van der Waals surface area contributed by atoms with Crippen LogP contribution in [0.2, 0.25) is 0 Å². The lowest BCUT2D eigenvalue weighted by atomic mass is 9.75. The zero-order valence-corrected chi connectivity index (χ0v) is 15.6. The SMILES string of the molecule is CC1(C)Cc2ccccc2[C@@H]2[C@H]3c4ccccc4CC(C)(C)N3[C]N21. The van der Waals surface area contributed by atoms with Gasteiger partial charge in [-0.3, -0.25) is 9.80 Å². The third-order valence-corrected chi connectivity index (χ3v) is 6.37. The second-order valence-electron chi connectivity index (χ2n) is 9.11. The predicted octanol–water partition coefficient (Wildman–Crippen LogP) is 4.75. The summed E-state index contributed by atoms with van der Waals surface area (Å²) in [4.78, 5) is 5.04. The lowest BCUT2D eigenvalue weighted by Gasteiger charge is -2.46. The molecule has 0 aliphatic carbocycles. The van der Waals surface area contributed by atoms with Crippen LogP contribution in [-0.4, -0.2) is 20.9 Å². The second kappa shape index (κ2) is 4.96. The number of hydrogen-bond donors (Lipinski definition) is 0. The maximum absolute atomic E-state index is 3.82. The summed E-state index contributed by atoms with van der Waals surface area (Å²) in [7, 11) is 0. The van der Waals surface area contributed by atoms with Gasteiger partial charge in [0.2, 0.25) is 0 Å². The Balaban J connectivity index is 1.74. The first-order valence-electron chi connectivity index (χ1n) is 9.39. The van der Waals surface area contributed by atoms with Crippen molar-refractivity contribution >= 4 is 0 Å². The van der Waals surface area contributed by atoms with E-state index in [9.17, 15) is 0 Å². The van der Waals surface area contributed by atoms with Crippen LogP contribution >= 0.6 is 0 Å². The van der Waals surface area contributed by atoms with Crippen LogP contribution in [-0.2, 0) is 12.8 Å². The zero-order valence-electron chi connectivity index (χ0n) is 15.6. The van der Waals surface area contributed by atoms with E-state index in [1.165, 1.54) is 22.3 Å². The standard InChI is InChI=1S/C23H26N2/c1-22(2)13-16-9-5-7-11-18(16)20-21-19-12-8-6-10-17(19)14-23(3,4)25(21)15-24(20)22/h5-12,20-21H,13-14H2,1-4H3/t20-,21-/m1/s1. The summed E-state index contributed by atoms with van der Waals surface area (Å²) < 4.78 is 0. The summed E-state index contributed by atoms with van der Waals surface area (Å²) in [5, 5.41) is 0. The summed E-state index contributed by atoms with van der Waals surface area (Å²) in [6.07, 6.45) is 2.16. The largest absolute Gasteiger partial charge is 0.265 e. The molecule has 2 aromatic carbocycles. The van der Waals surface area contributed by atoms with Crippen LogP contribution in [0.4, 0.5) is 0 Å². The highest BCUT2D eigenvalue weighted by Crippen LogP contribution is 2.57. The topological polar surface area (TPSA) is 6.48 Å². The normalized spacial score (nSPS) is 29.4. The van der Waals surface area contributed by atoms with Crippen molar-refractivity contribution in [2.24, 2.45) is 0 Å². The van der Waals surface area contributed by atoms with Crippen molar-refractivity contribution in [3.8, 4) is 0 Å². The van der Waals surface area contributed by atoms with Crippen LogP contribution in [0.1, 0.15) is 62.0 Å². The van der Waals surface area contributed by atoms with Crippen molar-refractivity contribution in [2.45, 2.75) is 63.7 Å². The molecule has 128 valence electrons. The van der Waals surface area contributed by atoms with Gasteiger partial charge in [0.15, 0.2) is 0 Å². The van der Waals surface area contributed by atoms with Crippen molar-refractivity contribution in [3.05, 3.63) is 77.5 Å². The molecule has 0 saturated carbocycles. The molecule has 2 heteroatoms. The monoisotopic (exact) mass is 330 g/mol. The molecular formula is C23H26N2. The molecular weight excluding hydrogens is 304 g/mol. The molecule has 0 N–H and O–H groups in total. The second-order valence-corrected chi connectivity index (χ2v) is 9.11. The van der Waals surface area contributed by atoms with Gasteiger partial charge < -0.3 is 0 Å². The number of nitrogens with zero attached hydrogens (tertiary/aromatic N) is 2. The quantitative estimate of drug-likeness (QED) is 0.687. The van der Waals surface area contributed by atoms with Crippen LogP contribution in [0, 0.1) is 6.67 Å². The fourth-order valence-corrected chi connectivity index (χ4v) is 5.23. The van der Waals surface area contributed by atoms with E-state index in [0.717, 1.165) is 12.8 Å². The molecule has 0 spiro atoms. The van der Waals surface area contributed by atoms with Crippen molar-refractivity contribution in [1.29, 1.82) is 0 Å². The summed E-state index contributed by atoms with van der Waals surface area (Å²) >= 11 is 0. The van der Waals surface area contributed by atoms with Crippen molar-refractivity contribution in [3.63, 3.8) is 0 Å². The smallest absolute Gasteiger partial charge is 0.148 e. The summed E-state index contributed by atoms with van der Waals surface area (Å²) in [6, 6.07) is 18.7. The number of rotatable bonds is 0. The first kappa shape index (κ1) is 15.6. The molecule has 0 amide bonds. The Morgan fingerprint density at radius 2 is 1.12 bits per heavy atom. The predicted molar refractivity (Wildman–Crippen MR) is 101 cm³/mol. The van der Waals surface area contributed by atoms with Gasteiger partial charge in [-0.1, -0.05) is 48.5 Å². The highest BCUT2D eigenvalue weighted by Gasteiger charge is 2.56. The minimum absolute atomic E-state index is 0.0847. The Bertz CT molecular complexity index is 766. The highest BCUT2D eigenvalue weighted by atomic mass is 15.5. The molecule has 3 aliphatic heterocycles. The molecule has 1 saturated heterocycles. The van der Waals surface area contributed by atoms with Gasteiger partial charge in [-0.15, -0.1) is 0 Å². The molecule has 2 atom stereocenters. The van der Waals surface area contributed by atoms with Crippen molar-refractivity contribution < 1.29 is 0 Å². The molecule has 0 bridgehead atoms. The molecule has 2 radical (unpaired) electrons. The third-order valence-electron chi connectivity index (χ3n) is 6.37. The lowest BCUT2D eigenvalue weighted by molar-refractivity contribution is 0.102. The van der Waals surface area contributed by atoms with Crippen molar-refractivity contribution in [1.82, 2.24) is 9.80 Å². The van der Waals surface area contributed by atoms with E-state index < -0.39 is 0 Å². The highest BCUT2D eigenvalue weighted by molar-refractivity contribution is 5.44. The zero-order chi connectivity index (χ0) is 17.4. The van der Waals surface area contributed by atoms with Gasteiger partial charge in [-0.05, 0) is 62.8 Å². The molecule has 2 nitrogen and oxygen atoms in total. The van der Waals surface area contributed by atoms with E-state index >= 15 is 0 Å². The van der Waals surface area contributed by atoms with E-state index in [1.807, 2.05) is 0 Å². The first-order chi connectivity index (χ1) is 11.9. The molecule has 1 fully saturated rings. The molecule has 5 rings (SSSR count). The minimum Gasteiger partial charge on any atom is -0.265 e. The Kier molecular flexibility index (Phi) is 3.09. The van der Waals surface area contributed by atoms with E-state index in [-0.39, 0.29) is 11.1 Å². The fraction of sp³-hybridized carbons (Fsp3) is 0.435. The summed E-state index contributed by atoms with van der Waals surface area (Å²) in [6.45, 7) is 13.3. The van der Waals surface area contributed by atoms with Gasteiger partial charge in [0, 0.05) is 11.1 Å². The molecule has 0 unspecified atom stereocenters. The van der Waals surface area contributed by atoms with E-state index in [2.05, 4.69) is 92.7 Å². The fourth-order valence-electron chi connectivity index (χ4n) is 5.23. The number of fused-ring (bicyclic) bond motifs is 7. The number of hydrogen-bond acceptors (Lipinski definition) is 2. The van der Waals surface area contributed by atoms with Crippen LogP contribution in [0.15, 0.2) is 48.5 Å². The van der Waals surface area contributed by atoms with Crippen LogP contribution in [0.25, 0.3) is 0 Å². The van der Waals surface area contributed by atoms with Crippen LogP contribution in [0.5, 0.6) is 0 Å². The molecule has 0 aromatic heterocycles. The Hall–Kier alpha value is -1.64. The van der Waals surface area contributed by atoms with Gasteiger partial charge in [0.05, 0.1) is 12.1 Å². The Morgan fingerprint density at radius 3 is 1.56 bits per heavy atom. The maximum atomic E-state index is 3.82. The van der Waals surface area contributed by atoms with E-state index in [0.29, 0.717) is 12.1 Å². The van der Waals surface area contributed by atoms with Crippen molar-refractivity contribution in [2.75, 3.05) is 0 Å². The first-order valence-corrected chi connectivity index (χ1v) is 9.39. The van der Waals surface area contributed by atoms with Crippen LogP contribution < -0.4 is 0 Å². The Morgan fingerprint density at radius 1 is 0.720 bits per heavy atom. The molecule has 25 heavy (non-hydrogen) atoms. The van der Waals surface area contributed by atoms with Gasteiger partial charge in [0.25, 0.3) is 0 Å². The Labute approximate surface area is 151 Å². The van der Waals surface area contributed by atoms with Gasteiger partial charge in [-0.25, -0.2) is 0 Å². The third kappa shape index (κ3) is 2.10. The van der Waals surface area contributed by atoms with Crippen LogP contribution in [0.3, 0.4) is 0 Å². The summed E-state index contributed by atoms with van der Waals surface area (Å²) in [5.41, 5.74) is 6.13. The maximum Gasteiger partial charge on any atom is 0.148 e. The molecule has 2 aromatic rings. The van der Waals surface area contributed by atoms with Gasteiger partial charge in [-0.2, -0.15) is 0 Å². The number of benzene rings is 2.